The second kappa shape index (κ2) is 7.11. The van der Waals surface area contributed by atoms with Gasteiger partial charge in [0.2, 0.25) is 5.96 Å². The summed E-state index contributed by atoms with van der Waals surface area (Å²) in [4.78, 5) is 4.78. The molecular weight excluding hydrogens is 263 g/mol. The highest BCUT2D eigenvalue weighted by Gasteiger charge is 2.01. The van der Waals surface area contributed by atoms with Gasteiger partial charge in [-0.15, -0.1) is 0 Å². The molecule has 0 heterocycles. The Hall–Kier alpha value is -1.30. The molecule has 17 heavy (non-hydrogen) atoms. The molecule has 0 spiro atoms. The van der Waals surface area contributed by atoms with Crippen molar-refractivity contribution < 1.29 is 4.84 Å². The van der Waals surface area contributed by atoms with Crippen molar-refractivity contribution in [2.75, 3.05) is 6.61 Å². The summed E-state index contributed by atoms with van der Waals surface area (Å²) in [6.07, 6.45) is 1.44. The highest BCUT2D eigenvalue weighted by molar-refractivity contribution is 6.38. The van der Waals surface area contributed by atoms with Crippen LogP contribution in [0.15, 0.2) is 23.3 Å². The van der Waals surface area contributed by atoms with Crippen LogP contribution in [0.5, 0.6) is 0 Å². The number of benzene rings is 1. The fourth-order valence-corrected chi connectivity index (χ4v) is 1.46. The van der Waals surface area contributed by atoms with Gasteiger partial charge in [0.25, 0.3) is 0 Å². The topological polar surface area (TPSA) is 69.5 Å². The predicted molar refractivity (Wildman–Crippen MR) is 69.7 cm³/mol. The molecule has 0 aliphatic heterocycles. The van der Waals surface area contributed by atoms with Crippen molar-refractivity contribution in [2.24, 2.45) is 5.10 Å². The molecule has 92 valence electrons. The van der Waals surface area contributed by atoms with Gasteiger partial charge >= 0.3 is 0 Å². The molecule has 0 unspecified atom stereocenters. The number of nitrogens with zero attached hydrogens (tertiary/aromatic N) is 1. The van der Waals surface area contributed by atoms with Crippen LogP contribution in [0.25, 0.3) is 0 Å². The van der Waals surface area contributed by atoms with E-state index >= 15 is 0 Å². The molecule has 0 atom stereocenters. The number of halogens is 2. The molecular formula is C10H12Cl2N4O. The van der Waals surface area contributed by atoms with Crippen molar-refractivity contribution >= 4 is 35.4 Å². The van der Waals surface area contributed by atoms with Crippen LogP contribution in [0.2, 0.25) is 10.0 Å². The Kier molecular flexibility index (Phi) is 5.76. The lowest BCUT2D eigenvalue weighted by molar-refractivity contribution is 0.0936. The van der Waals surface area contributed by atoms with Crippen LogP contribution in [0.3, 0.4) is 0 Å². The number of rotatable bonds is 4. The molecule has 0 saturated heterocycles. The maximum atomic E-state index is 7.34. The Labute approximate surface area is 109 Å². The molecule has 0 fully saturated rings. The zero-order valence-electron chi connectivity index (χ0n) is 9.13. The van der Waals surface area contributed by atoms with E-state index in [4.69, 9.17) is 33.4 Å². The van der Waals surface area contributed by atoms with Gasteiger partial charge in [0, 0.05) is 5.56 Å². The minimum Gasteiger partial charge on any atom is -0.274 e. The number of hydrogen-bond donors (Lipinski definition) is 3. The third-order valence-corrected chi connectivity index (χ3v) is 2.35. The Balaban J connectivity index is 2.56. The molecule has 0 aliphatic rings. The molecule has 0 radical (unpaired) electrons. The summed E-state index contributed by atoms with van der Waals surface area (Å²) in [6.45, 7) is 2.25. The average Bonchev–Trinajstić information content (AvgIpc) is 2.30. The number of hydrogen-bond acceptors (Lipinski definition) is 3. The van der Waals surface area contributed by atoms with Gasteiger partial charge in [-0.05, 0) is 19.1 Å². The molecule has 0 saturated carbocycles. The van der Waals surface area contributed by atoms with Crippen molar-refractivity contribution in [1.82, 2.24) is 10.9 Å². The number of hydrazone groups is 1. The zero-order chi connectivity index (χ0) is 12.7. The molecule has 3 N–H and O–H groups in total. The van der Waals surface area contributed by atoms with Gasteiger partial charge in [0.15, 0.2) is 0 Å². The van der Waals surface area contributed by atoms with Gasteiger partial charge in [0.1, 0.15) is 0 Å². The average molecular weight is 275 g/mol. The Bertz CT molecular complexity index is 403. The minimum atomic E-state index is -0.0775. The third kappa shape index (κ3) is 4.60. The fourth-order valence-electron chi connectivity index (χ4n) is 0.963. The zero-order valence-corrected chi connectivity index (χ0v) is 10.6. The summed E-state index contributed by atoms with van der Waals surface area (Å²) in [6, 6.07) is 5.16. The molecule has 1 aromatic carbocycles. The standard InChI is InChI=1S/C10H12Cl2N4O/c1-2-17-16-10(13)15-14-6-7-8(11)4-3-5-9(7)12/h3-6H,2H2,1H3,(H3,13,15,16). The summed E-state index contributed by atoms with van der Waals surface area (Å²) in [5.41, 5.74) is 5.35. The van der Waals surface area contributed by atoms with Crippen LogP contribution in [0, 0.1) is 5.41 Å². The van der Waals surface area contributed by atoms with E-state index in [-0.39, 0.29) is 5.96 Å². The number of hydroxylamine groups is 1. The predicted octanol–water partition coefficient (Wildman–Crippen LogP) is 2.39. The largest absolute Gasteiger partial charge is 0.274 e. The van der Waals surface area contributed by atoms with E-state index in [0.29, 0.717) is 22.2 Å². The fraction of sp³-hybridized carbons (Fsp3) is 0.200. The molecule has 0 amide bonds. The summed E-state index contributed by atoms with van der Waals surface area (Å²) in [7, 11) is 0. The van der Waals surface area contributed by atoms with E-state index in [1.165, 1.54) is 6.21 Å². The highest BCUT2D eigenvalue weighted by atomic mass is 35.5. The van der Waals surface area contributed by atoms with E-state index in [9.17, 15) is 0 Å². The SMILES string of the molecule is CCONC(=N)NN=Cc1c(Cl)cccc1Cl. The lowest BCUT2D eigenvalue weighted by Gasteiger charge is -2.05. The second-order valence-corrected chi connectivity index (χ2v) is 3.73. The van der Waals surface area contributed by atoms with E-state index in [1.807, 2.05) is 0 Å². The number of nitrogens with one attached hydrogen (secondary N) is 3. The second-order valence-electron chi connectivity index (χ2n) is 2.92. The maximum Gasteiger partial charge on any atom is 0.233 e. The molecule has 0 bridgehead atoms. The van der Waals surface area contributed by atoms with Crippen LogP contribution in [0.4, 0.5) is 0 Å². The van der Waals surface area contributed by atoms with Crippen molar-refractivity contribution in [3.05, 3.63) is 33.8 Å². The van der Waals surface area contributed by atoms with E-state index in [0.717, 1.165) is 0 Å². The number of guanidine groups is 1. The molecule has 5 nitrogen and oxygen atoms in total. The van der Waals surface area contributed by atoms with E-state index in [1.54, 1.807) is 25.1 Å². The Morgan fingerprint density at radius 2 is 2.12 bits per heavy atom. The Morgan fingerprint density at radius 1 is 1.47 bits per heavy atom. The lowest BCUT2D eigenvalue weighted by Crippen LogP contribution is -2.33. The quantitative estimate of drug-likeness (QED) is 0.449. The van der Waals surface area contributed by atoms with Crippen molar-refractivity contribution in [3.63, 3.8) is 0 Å². The van der Waals surface area contributed by atoms with Crippen LogP contribution < -0.4 is 10.9 Å². The van der Waals surface area contributed by atoms with E-state index < -0.39 is 0 Å². The van der Waals surface area contributed by atoms with Crippen molar-refractivity contribution in [2.45, 2.75) is 6.92 Å². The summed E-state index contributed by atoms with van der Waals surface area (Å²) in [5.74, 6) is -0.0775. The Morgan fingerprint density at radius 3 is 2.71 bits per heavy atom. The lowest BCUT2D eigenvalue weighted by atomic mass is 10.2. The van der Waals surface area contributed by atoms with Gasteiger partial charge < -0.3 is 0 Å². The van der Waals surface area contributed by atoms with Gasteiger partial charge in [-0.25, -0.2) is 10.9 Å². The third-order valence-electron chi connectivity index (χ3n) is 1.69. The first kappa shape index (κ1) is 13.8. The molecule has 1 rings (SSSR count). The van der Waals surface area contributed by atoms with Crippen LogP contribution >= 0.6 is 23.2 Å². The monoisotopic (exact) mass is 274 g/mol. The van der Waals surface area contributed by atoms with Gasteiger partial charge in [-0.1, -0.05) is 29.3 Å². The highest BCUT2D eigenvalue weighted by Crippen LogP contribution is 2.21. The molecule has 0 aliphatic carbocycles. The van der Waals surface area contributed by atoms with Gasteiger partial charge in [-0.2, -0.15) is 5.10 Å². The van der Waals surface area contributed by atoms with Crippen molar-refractivity contribution in [1.29, 1.82) is 5.41 Å². The first-order valence-electron chi connectivity index (χ1n) is 4.84. The van der Waals surface area contributed by atoms with E-state index in [2.05, 4.69) is 16.0 Å². The summed E-state index contributed by atoms with van der Waals surface area (Å²) < 4.78 is 0. The van der Waals surface area contributed by atoms with Gasteiger partial charge in [0.05, 0.1) is 22.9 Å². The van der Waals surface area contributed by atoms with Crippen molar-refractivity contribution in [3.8, 4) is 0 Å². The minimum absolute atomic E-state index is 0.0775. The van der Waals surface area contributed by atoms with Gasteiger partial charge in [-0.3, -0.25) is 10.2 Å². The normalized spacial score (nSPS) is 10.5. The maximum absolute atomic E-state index is 7.34. The van der Waals surface area contributed by atoms with Crippen LogP contribution in [0.1, 0.15) is 12.5 Å². The molecule has 0 aromatic heterocycles. The molecule has 1 aromatic rings. The van der Waals surface area contributed by atoms with Crippen LogP contribution in [-0.2, 0) is 4.84 Å². The first-order valence-corrected chi connectivity index (χ1v) is 5.60. The first-order chi connectivity index (χ1) is 8.15. The summed E-state index contributed by atoms with van der Waals surface area (Å²) >= 11 is 11.9. The van der Waals surface area contributed by atoms with Crippen LogP contribution in [-0.4, -0.2) is 18.8 Å². The summed E-state index contributed by atoms with van der Waals surface area (Å²) in [5, 5.41) is 12.1. The molecule has 7 heteroatoms. The smallest absolute Gasteiger partial charge is 0.233 e.